The van der Waals surface area contributed by atoms with Crippen molar-refractivity contribution in [2.24, 2.45) is 0 Å². The Morgan fingerprint density at radius 2 is 1.65 bits per heavy atom. The Bertz CT molecular complexity index is 899. The Kier molecular flexibility index (Phi) is 4.77. The van der Waals surface area contributed by atoms with Crippen LogP contribution in [0, 0.1) is 20.2 Å². The average molecular weight is 371 g/mol. The third kappa shape index (κ3) is 3.53. The number of amides is 1. The number of carbonyl (C=O) groups is 1. The first-order chi connectivity index (χ1) is 12.0. The first kappa shape index (κ1) is 18.6. The van der Waals surface area contributed by atoms with Crippen LogP contribution in [0.15, 0.2) is 36.4 Å². The van der Waals surface area contributed by atoms with Crippen LogP contribution in [-0.4, -0.2) is 20.9 Å². The second-order valence-electron chi connectivity index (χ2n) is 4.85. The van der Waals surface area contributed by atoms with Gasteiger partial charge in [0.1, 0.15) is 0 Å². The van der Waals surface area contributed by atoms with Gasteiger partial charge in [-0.15, -0.1) is 0 Å². The number of para-hydroxylation sites is 1. The number of phenolic OH excluding ortho intramolecular Hbond substituents is 1. The molecule has 0 bridgehead atoms. The van der Waals surface area contributed by atoms with Crippen molar-refractivity contribution in [3.05, 3.63) is 67.8 Å². The molecule has 0 atom stereocenters. The first-order valence-corrected chi connectivity index (χ1v) is 6.66. The first-order valence-electron chi connectivity index (χ1n) is 6.66. The summed E-state index contributed by atoms with van der Waals surface area (Å²) in [6, 6.07) is 7.54. The van der Waals surface area contributed by atoms with Gasteiger partial charge in [0.2, 0.25) is 11.3 Å². The monoisotopic (exact) mass is 371 g/mol. The summed E-state index contributed by atoms with van der Waals surface area (Å²) in [4.78, 5) is 30.9. The zero-order valence-corrected chi connectivity index (χ0v) is 12.5. The van der Waals surface area contributed by atoms with Crippen LogP contribution in [0.25, 0.3) is 0 Å². The number of hydrogen-bond acceptors (Lipinski definition) is 6. The molecule has 0 unspecified atom stereocenters. The molecule has 26 heavy (non-hydrogen) atoms. The molecular formula is C14H8F3N3O6. The highest BCUT2D eigenvalue weighted by Crippen LogP contribution is 2.47. The standard InChI is InChI=1S/C14H8F3N3O6/c15-14(16,17)10-9(19(23)24)6-8(12(21)11(10)20(25)26)13(22)18-7-4-2-1-3-5-7/h1-6,21H,(H,18,22). The highest BCUT2D eigenvalue weighted by atomic mass is 19.4. The van der Waals surface area contributed by atoms with Gasteiger partial charge in [-0.05, 0) is 12.1 Å². The maximum atomic E-state index is 13.1. The predicted octanol–water partition coefficient (Wildman–Crippen LogP) is 3.48. The van der Waals surface area contributed by atoms with Crippen LogP contribution >= 0.6 is 0 Å². The van der Waals surface area contributed by atoms with E-state index >= 15 is 0 Å². The molecule has 0 aromatic heterocycles. The van der Waals surface area contributed by atoms with Gasteiger partial charge in [0.25, 0.3) is 11.6 Å². The predicted molar refractivity (Wildman–Crippen MR) is 80.8 cm³/mol. The number of nitrogens with one attached hydrogen (secondary N) is 1. The Morgan fingerprint density at radius 3 is 2.12 bits per heavy atom. The molecule has 2 aromatic carbocycles. The number of hydrogen-bond donors (Lipinski definition) is 2. The van der Waals surface area contributed by atoms with Crippen molar-refractivity contribution in [1.29, 1.82) is 0 Å². The van der Waals surface area contributed by atoms with Crippen molar-refractivity contribution in [3.8, 4) is 5.75 Å². The van der Waals surface area contributed by atoms with Gasteiger partial charge >= 0.3 is 11.9 Å². The number of aromatic hydroxyl groups is 1. The van der Waals surface area contributed by atoms with Crippen LogP contribution in [0.4, 0.5) is 30.2 Å². The molecule has 0 radical (unpaired) electrons. The molecule has 2 N–H and O–H groups in total. The zero-order chi connectivity index (χ0) is 19.6. The Hall–Kier alpha value is -3.70. The Morgan fingerprint density at radius 1 is 1.08 bits per heavy atom. The van der Waals surface area contributed by atoms with E-state index in [1.54, 1.807) is 6.07 Å². The van der Waals surface area contributed by atoms with Crippen molar-refractivity contribution in [2.45, 2.75) is 6.18 Å². The number of nitro benzene ring substituents is 2. The molecule has 0 fully saturated rings. The number of rotatable bonds is 4. The molecule has 9 nitrogen and oxygen atoms in total. The van der Waals surface area contributed by atoms with Crippen LogP contribution < -0.4 is 5.32 Å². The minimum Gasteiger partial charge on any atom is -0.502 e. The summed E-state index contributed by atoms with van der Waals surface area (Å²) in [5.74, 6) is -2.88. The molecule has 136 valence electrons. The van der Waals surface area contributed by atoms with Crippen LogP contribution in [-0.2, 0) is 6.18 Å². The molecule has 0 aliphatic rings. The fraction of sp³-hybridized carbons (Fsp3) is 0.0714. The summed E-state index contributed by atoms with van der Waals surface area (Å²) >= 11 is 0. The fourth-order valence-electron chi connectivity index (χ4n) is 2.14. The number of phenols is 1. The molecule has 0 heterocycles. The van der Waals surface area contributed by atoms with Gasteiger partial charge < -0.3 is 10.4 Å². The van der Waals surface area contributed by atoms with E-state index in [0.29, 0.717) is 0 Å². The molecule has 0 saturated carbocycles. The minimum absolute atomic E-state index is 0.142. The van der Waals surface area contributed by atoms with Crippen molar-refractivity contribution in [2.75, 3.05) is 5.32 Å². The van der Waals surface area contributed by atoms with E-state index in [1.165, 1.54) is 24.3 Å². The topological polar surface area (TPSA) is 136 Å². The van der Waals surface area contributed by atoms with Crippen LogP contribution in [0.2, 0.25) is 0 Å². The Labute approximate surface area is 142 Å². The van der Waals surface area contributed by atoms with Gasteiger partial charge in [-0.3, -0.25) is 25.0 Å². The number of alkyl halides is 3. The zero-order valence-electron chi connectivity index (χ0n) is 12.5. The smallest absolute Gasteiger partial charge is 0.429 e. The molecular weight excluding hydrogens is 363 g/mol. The van der Waals surface area contributed by atoms with E-state index in [4.69, 9.17) is 0 Å². The van der Waals surface area contributed by atoms with Crippen LogP contribution in [0.3, 0.4) is 0 Å². The van der Waals surface area contributed by atoms with Gasteiger partial charge in [-0.1, -0.05) is 18.2 Å². The lowest BCUT2D eigenvalue weighted by Gasteiger charge is -2.12. The van der Waals surface area contributed by atoms with Gasteiger partial charge in [0.15, 0.2) is 0 Å². The number of anilines is 1. The van der Waals surface area contributed by atoms with Gasteiger partial charge in [-0.2, -0.15) is 13.2 Å². The molecule has 0 aliphatic carbocycles. The van der Waals surface area contributed by atoms with Crippen molar-refractivity contribution in [1.82, 2.24) is 0 Å². The molecule has 0 aliphatic heterocycles. The maximum absolute atomic E-state index is 13.1. The molecule has 2 aromatic rings. The van der Waals surface area contributed by atoms with E-state index in [0.717, 1.165) is 0 Å². The summed E-state index contributed by atoms with van der Waals surface area (Å²) in [6.07, 6.45) is -5.50. The lowest BCUT2D eigenvalue weighted by atomic mass is 10.0. The number of benzene rings is 2. The summed E-state index contributed by atoms with van der Waals surface area (Å²) in [5, 5.41) is 33.9. The summed E-state index contributed by atoms with van der Waals surface area (Å²) in [6.45, 7) is 0. The van der Waals surface area contributed by atoms with E-state index in [2.05, 4.69) is 5.32 Å². The fourth-order valence-corrected chi connectivity index (χ4v) is 2.14. The third-order valence-corrected chi connectivity index (χ3v) is 3.19. The normalized spacial score (nSPS) is 11.0. The SMILES string of the molecule is O=C(Nc1ccccc1)c1cc([N+](=O)[O-])c(C(F)(F)F)c([N+](=O)[O-])c1O. The second kappa shape index (κ2) is 6.66. The van der Waals surface area contributed by atoms with Crippen LogP contribution in [0.1, 0.15) is 15.9 Å². The number of halogens is 3. The van der Waals surface area contributed by atoms with Gasteiger partial charge in [-0.25, -0.2) is 0 Å². The van der Waals surface area contributed by atoms with Gasteiger partial charge in [0.05, 0.1) is 15.4 Å². The van der Waals surface area contributed by atoms with Crippen molar-refractivity contribution in [3.63, 3.8) is 0 Å². The van der Waals surface area contributed by atoms with Crippen molar-refractivity contribution < 1.29 is 32.9 Å². The quantitative estimate of drug-likeness (QED) is 0.624. The Balaban J connectivity index is 2.70. The summed E-state index contributed by atoms with van der Waals surface area (Å²) in [5.41, 5.74) is -6.83. The molecule has 2 rings (SSSR count). The van der Waals surface area contributed by atoms with Gasteiger partial charge in [0, 0.05) is 11.8 Å². The van der Waals surface area contributed by atoms with E-state index < -0.39 is 50.2 Å². The minimum atomic E-state index is -5.50. The highest BCUT2D eigenvalue weighted by molar-refractivity contribution is 6.07. The second-order valence-corrected chi connectivity index (χ2v) is 4.85. The third-order valence-electron chi connectivity index (χ3n) is 3.19. The van der Waals surface area contributed by atoms with E-state index in [9.17, 15) is 43.3 Å². The highest BCUT2D eigenvalue weighted by Gasteiger charge is 2.49. The average Bonchev–Trinajstić information content (AvgIpc) is 2.53. The lowest BCUT2D eigenvalue weighted by Crippen LogP contribution is -2.17. The lowest BCUT2D eigenvalue weighted by molar-refractivity contribution is -0.400. The molecule has 12 heteroatoms. The molecule has 1 amide bonds. The van der Waals surface area contributed by atoms with E-state index in [-0.39, 0.29) is 11.8 Å². The van der Waals surface area contributed by atoms with E-state index in [1.807, 2.05) is 0 Å². The number of carbonyl (C=O) groups excluding carboxylic acids is 1. The molecule has 0 spiro atoms. The van der Waals surface area contributed by atoms with Crippen LogP contribution in [0.5, 0.6) is 5.75 Å². The number of nitrogens with zero attached hydrogens (tertiary/aromatic N) is 2. The summed E-state index contributed by atoms with van der Waals surface area (Å²) in [7, 11) is 0. The molecule has 0 saturated heterocycles. The maximum Gasteiger partial charge on any atom is 0.429 e. The number of nitro groups is 2. The largest absolute Gasteiger partial charge is 0.502 e. The van der Waals surface area contributed by atoms with Crippen molar-refractivity contribution >= 4 is 23.0 Å². The summed E-state index contributed by atoms with van der Waals surface area (Å²) < 4.78 is 39.2.